The monoisotopic (exact) mass is 354 g/mol. The van der Waals surface area contributed by atoms with Crippen molar-refractivity contribution in [3.05, 3.63) is 57.9 Å². The summed E-state index contributed by atoms with van der Waals surface area (Å²) in [6.07, 6.45) is 4.38. The Kier molecular flexibility index (Phi) is 3.69. The molecule has 2 aliphatic heterocycles. The van der Waals surface area contributed by atoms with Crippen molar-refractivity contribution in [1.29, 1.82) is 0 Å². The first-order valence-corrected chi connectivity index (χ1v) is 8.18. The molecule has 0 bridgehead atoms. The number of amides is 1. The third kappa shape index (κ3) is 2.64. The predicted molar refractivity (Wildman–Crippen MR) is 95.7 cm³/mol. The van der Waals surface area contributed by atoms with Crippen LogP contribution in [0.5, 0.6) is 0 Å². The molecule has 1 aromatic heterocycles. The fraction of sp³-hybridized carbons (Fsp3) is 0.167. The van der Waals surface area contributed by atoms with E-state index in [1.54, 1.807) is 30.3 Å². The standard InChI is InChI=1S/C18H15ClN4O2/c1-23-8-11-2-3-12(7-13(11)18(23)25)21-17-16-10(6-15(19)22-17)4-5-20-14(16)9-24/h2-7,9,14,20H,8H2,1H3,(H,21,22). The second kappa shape index (κ2) is 5.89. The Hall–Kier alpha value is -2.86. The molecule has 0 saturated carbocycles. The lowest BCUT2D eigenvalue weighted by Crippen LogP contribution is -2.22. The number of carbonyl (C=O) groups excluding carboxylic acids is 2. The van der Waals surface area contributed by atoms with E-state index in [-0.39, 0.29) is 5.91 Å². The van der Waals surface area contributed by atoms with Gasteiger partial charge >= 0.3 is 0 Å². The van der Waals surface area contributed by atoms with Crippen LogP contribution in [0.4, 0.5) is 11.5 Å². The highest BCUT2D eigenvalue weighted by molar-refractivity contribution is 6.29. The Morgan fingerprint density at radius 1 is 1.40 bits per heavy atom. The number of carbonyl (C=O) groups is 2. The molecule has 7 heteroatoms. The molecule has 1 aromatic carbocycles. The summed E-state index contributed by atoms with van der Waals surface area (Å²) in [4.78, 5) is 29.6. The Bertz CT molecular complexity index is 926. The molecule has 3 heterocycles. The number of hydrogen-bond acceptors (Lipinski definition) is 5. The smallest absolute Gasteiger partial charge is 0.254 e. The van der Waals surface area contributed by atoms with Gasteiger partial charge in [-0.1, -0.05) is 17.7 Å². The first-order valence-electron chi connectivity index (χ1n) is 7.80. The number of pyridine rings is 1. The molecular weight excluding hydrogens is 340 g/mol. The third-order valence-corrected chi connectivity index (χ3v) is 4.60. The fourth-order valence-corrected chi connectivity index (χ4v) is 3.40. The van der Waals surface area contributed by atoms with Gasteiger partial charge < -0.3 is 20.3 Å². The lowest BCUT2D eigenvalue weighted by molar-refractivity contribution is -0.109. The van der Waals surface area contributed by atoms with E-state index in [4.69, 9.17) is 11.6 Å². The van der Waals surface area contributed by atoms with E-state index in [0.29, 0.717) is 23.1 Å². The van der Waals surface area contributed by atoms with Crippen LogP contribution in [0.25, 0.3) is 6.08 Å². The predicted octanol–water partition coefficient (Wildman–Crippen LogP) is 2.88. The number of halogens is 1. The number of benzene rings is 1. The summed E-state index contributed by atoms with van der Waals surface area (Å²) in [5, 5.41) is 6.52. The largest absolute Gasteiger partial charge is 0.378 e. The number of nitrogens with zero attached hydrogens (tertiary/aromatic N) is 2. The second-order valence-corrected chi connectivity index (χ2v) is 6.46. The molecule has 25 heavy (non-hydrogen) atoms. The average molecular weight is 355 g/mol. The van der Waals surface area contributed by atoms with E-state index in [1.165, 1.54) is 0 Å². The van der Waals surface area contributed by atoms with Gasteiger partial charge in [-0.2, -0.15) is 0 Å². The number of aldehydes is 1. The molecular formula is C18H15ClN4O2. The highest BCUT2D eigenvalue weighted by Gasteiger charge is 2.25. The van der Waals surface area contributed by atoms with E-state index < -0.39 is 6.04 Å². The van der Waals surface area contributed by atoms with E-state index in [0.717, 1.165) is 28.7 Å². The zero-order chi connectivity index (χ0) is 17.6. The van der Waals surface area contributed by atoms with Gasteiger partial charge in [-0.05, 0) is 41.6 Å². The van der Waals surface area contributed by atoms with E-state index in [2.05, 4.69) is 15.6 Å². The molecule has 1 unspecified atom stereocenters. The maximum Gasteiger partial charge on any atom is 0.254 e. The second-order valence-electron chi connectivity index (χ2n) is 6.07. The molecule has 2 N–H and O–H groups in total. The number of hydrogen-bond donors (Lipinski definition) is 2. The molecule has 0 saturated heterocycles. The zero-order valence-electron chi connectivity index (χ0n) is 13.4. The highest BCUT2D eigenvalue weighted by Crippen LogP contribution is 2.33. The average Bonchev–Trinajstić information content (AvgIpc) is 2.88. The first-order chi connectivity index (χ1) is 12.1. The van der Waals surface area contributed by atoms with Gasteiger partial charge in [0, 0.05) is 30.4 Å². The summed E-state index contributed by atoms with van der Waals surface area (Å²) < 4.78 is 0. The Morgan fingerprint density at radius 3 is 3.04 bits per heavy atom. The third-order valence-electron chi connectivity index (χ3n) is 4.40. The molecule has 4 rings (SSSR count). The molecule has 0 fully saturated rings. The number of rotatable bonds is 3. The van der Waals surface area contributed by atoms with Crippen molar-refractivity contribution in [2.45, 2.75) is 12.6 Å². The van der Waals surface area contributed by atoms with Gasteiger partial charge in [0.15, 0.2) is 0 Å². The van der Waals surface area contributed by atoms with E-state index >= 15 is 0 Å². The van der Waals surface area contributed by atoms with Crippen LogP contribution in [0.15, 0.2) is 30.5 Å². The molecule has 1 amide bonds. The van der Waals surface area contributed by atoms with Crippen LogP contribution >= 0.6 is 11.6 Å². The first kappa shape index (κ1) is 15.7. The van der Waals surface area contributed by atoms with Gasteiger partial charge in [-0.15, -0.1) is 0 Å². The van der Waals surface area contributed by atoms with Crippen molar-refractivity contribution in [3.8, 4) is 0 Å². The Labute approximate surface area is 149 Å². The van der Waals surface area contributed by atoms with Gasteiger partial charge in [0.05, 0.1) is 0 Å². The van der Waals surface area contributed by atoms with Gasteiger partial charge in [0.1, 0.15) is 23.3 Å². The van der Waals surface area contributed by atoms with Crippen LogP contribution in [-0.2, 0) is 11.3 Å². The SMILES string of the molecule is CN1Cc2ccc(Nc3nc(Cl)cc4c3C(C=O)NC=C4)cc2C1=O. The summed E-state index contributed by atoms with van der Waals surface area (Å²) >= 11 is 6.12. The summed E-state index contributed by atoms with van der Waals surface area (Å²) in [6, 6.07) is 6.83. The molecule has 2 aliphatic rings. The Balaban J connectivity index is 1.75. The minimum Gasteiger partial charge on any atom is -0.378 e. The lowest BCUT2D eigenvalue weighted by Gasteiger charge is -2.22. The minimum absolute atomic E-state index is 0.00454. The highest BCUT2D eigenvalue weighted by atomic mass is 35.5. The van der Waals surface area contributed by atoms with Crippen molar-refractivity contribution in [2.75, 3.05) is 12.4 Å². The summed E-state index contributed by atoms with van der Waals surface area (Å²) in [6.45, 7) is 0.612. The summed E-state index contributed by atoms with van der Waals surface area (Å²) in [5.74, 6) is 0.491. The number of fused-ring (bicyclic) bond motifs is 2. The maximum atomic E-state index is 12.2. The Morgan fingerprint density at radius 2 is 2.24 bits per heavy atom. The number of anilines is 2. The van der Waals surface area contributed by atoms with Crippen LogP contribution in [0, 0.1) is 0 Å². The van der Waals surface area contributed by atoms with Gasteiger partial charge in [0.25, 0.3) is 5.91 Å². The van der Waals surface area contributed by atoms with Gasteiger partial charge in [0.2, 0.25) is 0 Å². The normalized spacial score (nSPS) is 17.8. The quantitative estimate of drug-likeness (QED) is 0.655. The van der Waals surface area contributed by atoms with Crippen molar-refractivity contribution in [2.24, 2.45) is 0 Å². The van der Waals surface area contributed by atoms with Crippen molar-refractivity contribution in [3.63, 3.8) is 0 Å². The molecule has 0 spiro atoms. The van der Waals surface area contributed by atoms with Gasteiger partial charge in [-0.3, -0.25) is 4.79 Å². The number of aromatic nitrogens is 1. The number of nitrogens with one attached hydrogen (secondary N) is 2. The molecule has 126 valence electrons. The van der Waals surface area contributed by atoms with Crippen LogP contribution in [-0.4, -0.2) is 29.1 Å². The molecule has 6 nitrogen and oxygen atoms in total. The van der Waals surface area contributed by atoms with Crippen LogP contribution in [0.2, 0.25) is 5.15 Å². The van der Waals surface area contributed by atoms with Crippen molar-refractivity contribution >= 4 is 41.4 Å². The summed E-state index contributed by atoms with van der Waals surface area (Å²) in [7, 11) is 1.77. The van der Waals surface area contributed by atoms with Crippen molar-refractivity contribution < 1.29 is 9.59 Å². The fourth-order valence-electron chi connectivity index (χ4n) is 3.20. The van der Waals surface area contributed by atoms with Crippen LogP contribution in [0.3, 0.4) is 0 Å². The lowest BCUT2D eigenvalue weighted by atomic mass is 9.99. The van der Waals surface area contributed by atoms with Gasteiger partial charge in [-0.25, -0.2) is 4.98 Å². The van der Waals surface area contributed by atoms with E-state index in [9.17, 15) is 9.59 Å². The molecule has 2 aromatic rings. The molecule has 0 radical (unpaired) electrons. The van der Waals surface area contributed by atoms with Crippen molar-refractivity contribution in [1.82, 2.24) is 15.2 Å². The maximum absolute atomic E-state index is 12.2. The topological polar surface area (TPSA) is 74.3 Å². The van der Waals surface area contributed by atoms with Crippen LogP contribution < -0.4 is 10.6 Å². The summed E-state index contributed by atoms with van der Waals surface area (Å²) in [5.41, 5.74) is 3.95. The van der Waals surface area contributed by atoms with E-state index in [1.807, 2.05) is 18.2 Å². The minimum atomic E-state index is -0.505. The van der Waals surface area contributed by atoms with Crippen LogP contribution in [0.1, 0.15) is 33.1 Å². The molecule has 1 atom stereocenters. The zero-order valence-corrected chi connectivity index (χ0v) is 14.2. The molecule has 0 aliphatic carbocycles.